The Hall–Kier alpha value is -8.88. The molecule has 0 saturated carbocycles. The number of nitrogens with two attached hydrogens (primary N) is 2. The number of aromatic nitrogens is 1. The first kappa shape index (κ1) is 70.4. The van der Waals surface area contributed by atoms with E-state index in [4.69, 9.17) is 11.5 Å². The summed E-state index contributed by atoms with van der Waals surface area (Å²) in [5.41, 5.74) is 16.8. The van der Waals surface area contributed by atoms with Crippen molar-refractivity contribution in [2.75, 3.05) is 31.1 Å². The van der Waals surface area contributed by atoms with Crippen molar-refractivity contribution in [2.45, 2.75) is 144 Å². The van der Waals surface area contributed by atoms with Crippen LogP contribution in [0.15, 0.2) is 109 Å². The lowest BCUT2D eigenvalue weighted by Crippen LogP contribution is -2.59. The molecule has 4 aromatic carbocycles. The third kappa shape index (κ3) is 18.7. The molecule has 0 spiro atoms. The fourth-order valence-electron chi connectivity index (χ4n) is 12.3. The molecule has 9 rings (SSSR count). The van der Waals surface area contributed by atoms with E-state index in [1.54, 1.807) is 36.5 Å². The van der Waals surface area contributed by atoms with Crippen molar-refractivity contribution in [3.8, 4) is 5.75 Å². The van der Waals surface area contributed by atoms with Crippen molar-refractivity contribution in [3.63, 3.8) is 0 Å². The fourth-order valence-corrected chi connectivity index (χ4v) is 14.2. The summed E-state index contributed by atoms with van der Waals surface area (Å²) in [6.45, 7) is 3.16. The van der Waals surface area contributed by atoms with Crippen LogP contribution in [0.2, 0.25) is 0 Å². The summed E-state index contributed by atoms with van der Waals surface area (Å²) < 4.78 is 29.8. The van der Waals surface area contributed by atoms with E-state index in [-0.39, 0.29) is 63.1 Å². The van der Waals surface area contributed by atoms with E-state index in [0.717, 1.165) is 16.7 Å². The average molecular weight is 1340 g/mol. The molecule has 0 unspecified atom stereocenters. The molecule has 1 aliphatic carbocycles. The molecular weight excluding hydrogens is 1260 g/mol. The number of hydrogen-bond donors (Lipinski definition) is 10. The molecule has 1 fully saturated rings. The second-order valence-electron chi connectivity index (χ2n) is 24.5. The number of amides is 9. The lowest BCUT2D eigenvalue weighted by atomic mass is 9.90. The zero-order valence-corrected chi connectivity index (χ0v) is 54.6. The number of carbonyl (C=O) groups excluding carboxylic acids is 10. The number of phenols is 1. The number of primary amides is 1. The number of fused-ring (bicyclic) bond motifs is 6. The number of aromatic hydroxyl groups is 1. The zero-order chi connectivity index (χ0) is 67.9. The van der Waals surface area contributed by atoms with Gasteiger partial charge in [0.25, 0.3) is 0 Å². The van der Waals surface area contributed by atoms with Crippen molar-refractivity contribution >= 4 is 98.9 Å². The number of ketones is 1. The number of phenolic OH excluding ortho intramolecular Hbond substituents is 1. The van der Waals surface area contributed by atoms with Crippen LogP contribution in [-0.4, -0.2) is 158 Å². The predicted octanol–water partition coefficient (Wildman–Crippen LogP) is 4.43. The Balaban J connectivity index is 1.01. The van der Waals surface area contributed by atoms with Crippen molar-refractivity contribution < 1.29 is 61.8 Å². The SMILES string of the molecule is C[C@@H]1NC(=O)[C@@H]2C=CCN2C(=O)[C@H](CC2=CCc3ccc(F)cc32)NC(=O)[C@H](Cc2c[nH]c3ccc(F)cc23)CC(=O)[C@@H](C)NC(=O)[C@H](CCCCN)NC(=O)CCSCc2cccc(c2)CSC[C@@H](C(N)=O)NC(=O)[C@@H]2CCCN2C(=O)[C@H](Cc2ccc(O)cc2)NC1=O. The maximum absolute atomic E-state index is 15.3. The summed E-state index contributed by atoms with van der Waals surface area (Å²) in [5, 5.41) is 27.2. The minimum atomic E-state index is -1.47. The van der Waals surface area contributed by atoms with Crippen LogP contribution < -0.4 is 43.4 Å². The van der Waals surface area contributed by atoms with Gasteiger partial charge in [-0.25, -0.2) is 8.78 Å². The molecule has 22 nitrogen and oxygen atoms in total. The van der Waals surface area contributed by atoms with Crippen molar-refractivity contribution in [3.05, 3.63) is 154 Å². The number of Topliss-reactive ketones (excluding diaryl/α,β-unsaturated/α-hetero) is 1. The first-order valence-corrected chi connectivity index (χ1v) is 34.3. The maximum Gasteiger partial charge on any atom is 0.247 e. The van der Waals surface area contributed by atoms with E-state index in [0.29, 0.717) is 82.7 Å². The summed E-state index contributed by atoms with van der Waals surface area (Å²) in [5.74, 6) is -7.79. The summed E-state index contributed by atoms with van der Waals surface area (Å²) in [7, 11) is 0. The lowest BCUT2D eigenvalue weighted by Gasteiger charge is -2.31. The van der Waals surface area contributed by atoms with E-state index in [9.17, 15) is 52.2 Å². The molecule has 12 N–H and O–H groups in total. The third-order valence-corrected chi connectivity index (χ3v) is 19.7. The Morgan fingerprint density at radius 3 is 2.17 bits per heavy atom. The molecule has 95 heavy (non-hydrogen) atoms. The van der Waals surface area contributed by atoms with Crippen LogP contribution in [0.5, 0.6) is 5.75 Å². The van der Waals surface area contributed by atoms with Crippen LogP contribution in [0.3, 0.4) is 0 Å². The number of nitrogens with one attached hydrogen (secondary N) is 7. The second-order valence-corrected chi connectivity index (χ2v) is 26.7. The van der Waals surface area contributed by atoms with Crippen molar-refractivity contribution in [1.82, 2.24) is 46.7 Å². The molecule has 5 aromatic rings. The number of nitrogens with zero attached hydrogens (tertiary/aromatic N) is 2. The number of benzene rings is 4. The van der Waals surface area contributed by atoms with Gasteiger partial charge in [-0.05, 0) is 147 Å². The molecule has 26 heteroatoms. The van der Waals surface area contributed by atoms with Gasteiger partial charge in [-0.1, -0.05) is 60.7 Å². The Morgan fingerprint density at radius 1 is 0.705 bits per heavy atom. The number of unbranched alkanes of at least 4 members (excludes halogenated alkanes) is 1. The Morgan fingerprint density at radius 2 is 1.41 bits per heavy atom. The van der Waals surface area contributed by atoms with E-state index >= 15 is 9.59 Å². The van der Waals surface area contributed by atoms with Crippen LogP contribution in [0.1, 0.15) is 98.6 Å². The number of allylic oxidation sites excluding steroid dienone is 1. The summed E-state index contributed by atoms with van der Waals surface area (Å²) in [6, 6.07) is 12.1. The summed E-state index contributed by atoms with van der Waals surface area (Å²) in [4.78, 5) is 149. The highest BCUT2D eigenvalue weighted by atomic mass is 32.2. The third-order valence-electron chi connectivity index (χ3n) is 17.5. The van der Waals surface area contributed by atoms with Gasteiger partial charge in [-0.15, -0.1) is 0 Å². The highest BCUT2D eigenvalue weighted by Crippen LogP contribution is 2.33. The predicted molar refractivity (Wildman–Crippen MR) is 357 cm³/mol. The van der Waals surface area contributed by atoms with Crippen molar-refractivity contribution in [2.24, 2.45) is 17.4 Å². The van der Waals surface area contributed by atoms with Gasteiger partial charge in [0.05, 0.1) is 6.04 Å². The molecule has 504 valence electrons. The first-order chi connectivity index (χ1) is 45.6. The Labute approximate surface area is 557 Å². The molecule has 1 aromatic heterocycles. The number of thioether (sulfide) groups is 2. The first-order valence-electron chi connectivity index (χ1n) is 32.0. The van der Waals surface area contributed by atoms with Gasteiger partial charge in [0.15, 0.2) is 5.78 Å². The molecule has 2 bridgehead atoms. The number of aromatic amines is 1. The zero-order valence-electron chi connectivity index (χ0n) is 53.0. The van der Waals surface area contributed by atoms with E-state index in [2.05, 4.69) is 36.9 Å². The van der Waals surface area contributed by atoms with E-state index < -0.39 is 131 Å². The molecule has 9 atom stereocenters. The molecule has 4 heterocycles. The molecule has 0 radical (unpaired) electrons. The Bertz CT molecular complexity index is 3750. The lowest BCUT2D eigenvalue weighted by molar-refractivity contribution is -0.143. The quantitative estimate of drug-likeness (QED) is 0.0646. The number of rotatable bonds is 11. The van der Waals surface area contributed by atoms with E-state index in [1.165, 1.54) is 95.7 Å². The monoisotopic (exact) mass is 1340 g/mol. The molecule has 1 saturated heterocycles. The topological polar surface area (TPSA) is 337 Å². The van der Waals surface area contributed by atoms with Gasteiger partial charge in [0.2, 0.25) is 53.2 Å². The van der Waals surface area contributed by atoms with E-state index in [1.807, 2.05) is 24.3 Å². The standard InChI is InChI=1S/C69H81F2N11O11S2/c1-39-60(84)32-46(30-47-35-74-53-22-19-49(71)34-52(47)53)64(88)79-56(31-45-16-15-44-17-18-48(70)33-51(44)45)69(93)81-25-6-11-58(81)66(90)76-40(2)63(87)78-55(29-41-13-20-50(83)21-14-41)68(92)82-26-7-12-59(82)67(91)80-57(62(73)86)38-95-37-43-9-5-8-42(28-43)36-94-27-23-61(85)77-54(65(89)75-39)10-3-4-24-72/h5-6,8-9,11,13-14,16-22,28,33-35,39-40,46,54-59,74,83H,3-4,7,10,12,15,23-27,29-32,36-38,72H2,1-2H3,(H2,73,86)(H,75,89)(H,76,90)(H,77,85)(H,78,87)(H,79,88)(H,80,91)/t39-,40+,46-,54+,55+,56+,57+,58+,59+/m1/s1. The van der Waals surface area contributed by atoms with Crippen LogP contribution in [-0.2, 0) is 78.7 Å². The largest absolute Gasteiger partial charge is 0.508 e. The van der Waals surface area contributed by atoms with Crippen LogP contribution in [0.25, 0.3) is 16.5 Å². The van der Waals surface area contributed by atoms with Gasteiger partial charge >= 0.3 is 0 Å². The van der Waals surface area contributed by atoms with Crippen molar-refractivity contribution in [1.29, 1.82) is 0 Å². The highest BCUT2D eigenvalue weighted by molar-refractivity contribution is 7.98. The molecule has 4 aliphatic rings. The minimum Gasteiger partial charge on any atom is -0.508 e. The second kappa shape index (κ2) is 33.0. The smallest absolute Gasteiger partial charge is 0.247 e. The minimum absolute atomic E-state index is 0.0479. The van der Waals surface area contributed by atoms with Crippen LogP contribution in [0, 0.1) is 17.6 Å². The van der Waals surface area contributed by atoms with Gasteiger partial charge in [-0.2, -0.15) is 23.5 Å². The molecule has 9 amide bonds. The number of carbonyl (C=O) groups is 10. The van der Waals surface area contributed by atoms with Gasteiger partial charge in [0.1, 0.15) is 59.7 Å². The summed E-state index contributed by atoms with van der Waals surface area (Å²) >= 11 is 2.86. The Kier molecular flexibility index (Phi) is 24.5. The maximum atomic E-state index is 15.3. The summed E-state index contributed by atoms with van der Waals surface area (Å²) in [6.07, 6.45) is 7.73. The number of H-pyrrole nitrogens is 1. The normalized spacial score (nSPS) is 24.5. The molecule has 3 aliphatic heterocycles. The van der Waals surface area contributed by atoms with Crippen LogP contribution >= 0.6 is 23.5 Å². The number of hydrogen-bond acceptors (Lipinski definition) is 14. The van der Waals surface area contributed by atoms with Gasteiger partial charge < -0.3 is 63.3 Å². The fraction of sp³-hybridized carbons (Fsp3) is 0.420. The van der Waals surface area contributed by atoms with Gasteiger partial charge in [0, 0.05) is 84.8 Å². The average Bonchev–Trinajstić information content (AvgIpc) is 1.73. The van der Waals surface area contributed by atoms with Gasteiger partial charge in [-0.3, -0.25) is 47.9 Å². The van der Waals surface area contributed by atoms with Crippen LogP contribution in [0.4, 0.5) is 8.78 Å². The highest BCUT2D eigenvalue weighted by Gasteiger charge is 2.42. The number of halogens is 2. The molecular formula is C69H81F2N11O11S2.